The lowest BCUT2D eigenvalue weighted by Crippen LogP contribution is -2.42. The van der Waals surface area contributed by atoms with E-state index in [4.69, 9.17) is 0 Å². The SMILES string of the molecule is CCCC1(C)CCCN(c2ccccn2)C1. The van der Waals surface area contributed by atoms with Gasteiger partial charge in [-0.1, -0.05) is 26.3 Å². The molecule has 0 aromatic carbocycles. The summed E-state index contributed by atoms with van der Waals surface area (Å²) in [7, 11) is 0. The highest BCUT2D eigenvalue weighted by molar-refractivity contribution is 5.38. The molecule has 0 amide bonds. The molecule has 1 aliphatic rings. The summed E-state index contributed by atoms with van der Waals surface area (Å²) in [6.45, 7) is 7.03. The highest BCUT2D eigenvalue weighted by atomic mass is 15.2. The summed E-state index contributed by atoms with van der Waals surface area (Å²) in [6, 6.07) is 6.18. The van der Waals surface area contributed by atoms with Crippen molar-refractivity contribution in [3.63, 3.8) is 0 Å². The van der Waals surface area contributed by atoms with Crippen molar-refractivity contribution >= 4 is 5.82 Å². The number of anilines is 1. The maximum Gasteiger partial charge on any atom is 0.128 e. The number of pyridine rings is 1. The van der Waals surface area contributed by atoms with Crippen LogP contribution in [0.2, 0.25) is 0 Å². The number of rotatable bonds is 3. The molecule has 2 heteroatoms. The minimum Gasteiger partial charge on any atom is -0.356 e. The Morgan fingerprint density at radius 2 is 2.31 bits per heavy atom. The van der Waals surface area contributed by atoms with Crippen LogP contribution in [-0.4, -0.2) is 18.1 Å². The van der Waals surface area contributed by atoms with Crippen LogP contribution in [0, 0.1) is 5.41 Å². The van der Waals surface area contributed by atoms with Gasteiger partial charge in [0.25, 0.3) is 0 Å². The standard InChI is InChI=1S/C14H22N2/c1-3-8-14(2)9-6-11-16(12-14)13-7-4-5-10-15-13/h4-5,7,10H,3,6,8-9,11-12H2,1-2H3. The zero-order valence-electron chi connectivity index (χ0n) is 10.4. The zero-order valence-corrected chi connectivity index (χ0v) is 10.4. The maximum atomic E-state index is 4.45. The molecule has 0 aliphatic carbocycles. The number of hydrogen-bond acceptors (Lipinski definition) is 2. The van der Waals surface area contributed by atoms with E-state index in [1.54, 1.807) is 0 Å². The second-order valence-corrected chi connectivity index (χ2v) is 5.27. The highest BCUT2D eigenvalue weighted by Gasteiger charge is 2.30. The normalized spacial score (nSPS) is 25.8. The van der Waals surface area contributed by atoms with Crippen molar-refractivity contribution in [1.82, 2.24) is 4.98 Å². The minimum absolute atomic E-state index is 0.491. The summed E-state index contributed by atoms with van der Waals surface area (Å²) >= 11 is 0. The van der Waals surface area contributed by atoms with Crippen LogP contribution in [0.4, 0.5) is 5.82 Å². The van der Waals surface area contributed by atoms with Crippen LogP contribution >= 0.6 is 0 Å². The molecule has 0 radical (unpaired) electrons. The monoisotopic (exact) mass is 218 g/mol. The van der Waals surface area contributed by atoms with Crippen LogP contribution in [0.25, 0.3) is 0 Å². The van der Waals surface area contributed by atoms with Crippen LogP contribution in [-0.2, 0) is 0 Å². The van der Waals surface area contributed by atoms with Crippen molar-refractivity contribution in [2.75, 3.05) is 18.0 Å². The van der Waals surface area contributed by atoms with E-state index in [-0.39, 0.29) is 0 Å². The molecule has 1 aromatic heterocycles. The van der Waals surface area contributed by atoms with Gasteiger partial charge < -0.3 is 4.90 Å². The first kappa shape index (κ1) is 11.4. The van der Waals surface area contributed by atoms with E-state index < -0.39 is 0 Å². The summed E-state index contributed by atoms with van der Waals surface area (Å²) in [5.41, 5.74) is 0.491. The summed E-state index contributed by atoms with van der Waals surface area (Å²) in [4.78, 5) is 6.90. The Balaban J connectivity index is 2.07. The predicted molar refractivity (Wildman–Crippen MR) is 68.7 cm³/mol. The van der Waals surface area contributed by atoms with Gasteiger partial charge in [-0.15, -0.1) is 0 Å². The topological polar surface area (TPSA) is 16.1 Å². The van der Waals surface area contributed by atoms with Crippen LogP contribution < -0.4 is 4.90 Å². The van der Waals surface area contributed by atoms with Crippen molar-refractivity contribution in [2.24, 2.45) is 5.41 Å². The van der Waals surface area contributed by atoms with Gasteiger partial charge in [-0.2, -0.15) is 0 Å². The molecule has 1 atom stereocenters. The first-order valence-electron chi connectivity index (χ1n) is 6.39. The van der Waals surface area contributed by atoms with Gasteiger partial charge >= 0.3 is 0 Å². The summed E-state index contributed by atoms with van der Waals surface area (Å²) < 4.78 is 0. The van der Waals surface area contributed by atoms with Crippen molar-refractivity contribution in [1.29, 1.82) is 0 Å². The third kappa shape index (κ3) is 2.55. The molecule has 2 rings (SSSR count). The largest absolute Gasteiger partial charge is 0.356 e. The fraction of sp³-hybridized carbons (Fsp3) is 0.643. The average Bonchev–Trinajstić information content (AvgIpc) is 2.30. The molecule has 0 bridgehead atoms. The van der Waals surface area contributed by atoms with Gasteiger partial charge in [-0.25, -0.2) is 4.98 Å². The van der Waals surface area contributed by atoms with Crippen molar-refractivity contribution in [3.05, 3.63) is 24.4 Å². The number of hydrogen-bond donors (Lipinski definition) is 0. The van der Waals surface area contributed by atoms with Gasteiger partial charge in [0, 0.05) is 19.3 Å². The number of aromatic nitrogens is 1. The third-order valence-corrected chi connectivity index (χ3v) is 3.61. The molecule has 1 aromatic rings. The van der Waals surface area contributed by atoms with E-state index in [9.17, 15) is 0 Å². The van der Waals surface area contributed by atoms with Crippen molar-refractivity contribution < 1.29 is 0 Å². The zero-order chi connectivity index (χ0) is 11.4. The number of piperidine rings is 1. The summed E-state index contributed by atoms with van der Waals surface area (Å²) in [5, 5.41) is 0. The lowest BCUT2D eigenvalue weighted by Gasteiger charge is -2.41. The average molecular weight is 218 g/mol. The molecule has 1 unspecified atom stereocenters. The van der Waals surface area contributed by atoms with E-state index in [0.29, 0.717) is 5.41 Å². The van der Waals surface area contributed by atoms with Gasteiger partial charge in [0.2, 0.25) is 0 Å². The molecule has 1 aliphatic heterocycles. The molecular formula is C14H22N2. The molecule has 0 saturated carbocycles. The Kier molecular flexibility index (Phi) is 3.47. The van der Waals surface area contributed by atoms with Gasteiger partial charge in [0.1, 0.15) is 5.82 Å². The smallest absolute Gasteiger partial charge is 0.128 e. The second-order valence-electron chi connectivity index (χ2n) is 5.27. The molecule has 0 N–H and O–H groups in total. The lowest BCUT2D eigenvalue weighted by molar-refractivity contribution is 0.238. The van der Waals surface area contributed by atoms with Crippen molar-refractivity contribution in [2.45, 2.75) is 39.5 Å². The number of nitrogens with zero attached hydrogens (tertiary/aromatic N) is 2. The van der Waals surface area contributed by atoms with Crippen LogP contribution in [0.5, 0.6) is 0 Å². The van der Waals surface area contributed by atoms with Crippen LogP contribution in [0.15, 0.2) is 24.4 Å². The third-order valence-electron chi connectivity index (χ3n) is 3.61. The van der Waals surface area contributed by atoms with Gasteiger partial charge in [0.15, 0.2) is 0 Å². The van der Waals surface area contributed by atoms with E-state index in [2.05, 4.69) is 35.9 Å². The van der Waals surface area contributed by atoms with E-state index in [1.807, 2.05) is 12.3 Å². The van der Waals surface area contributed by atoms with Crippen molar-refractivity contribution in [3.8, 4) is 0 Å². The molecular weight excluding hydrogens is 196 g/mol. The van der Waals surface area contributed by atoms with Crippen LogP contribution in [0.3, 0.4) is 0 Å². The molecule has 16 heavy (non-hydrogen) atoms. The first-order valence-corrected chi connectivity index (χ1v) is 6.39. The van der Waals surface area contributed by atoms with E-state index in [1.165, 1.54) is 25.7 Å². The lowest BCUT2D eigenvalue weighted by atomic mass is 9.78. The van der Waals surface area contributed by atoms with Crippen LogP contribution in [0.1, 0.15) is 39.5 Å². The molecule has 2 nitrogen and oxygen atoms in total. The quantitative estimate of drug-likeness (QED) is 0.772. The first-order chi connectivity index (χ1) is 7.73. The Hall–Kier alpha value is -1.05. The van der Waals surface area contributed by atoms with Gasteiger partial charge in [-0.05, 0) is 36.8 Å². The fourth-order valence-corrected chi connectivity index (χ4v) is 2.86. The fourth-order valence-electron chi connectivity index (χ4n) is 2.86. The second kappa shape index (κ2) is 4.86. The van der Waals surface area contributed by atoms with E-state index in [0.717, 1.165) is 18.9 Å². The van der Waals surface area contributed by atoms with Gasteiger partial charge in [0.05, 0.1) is 0 Å². The van der Waals surface area contributed by atoms with E-state index >= 15 is 0 Å². The molecule has 1 saturated heterocycles. The summed E-state index contributed by atoms with van der Waals surface area (Å²) in [6.07, 6.45) is 7.17. The molecule has 0 spiro atoms. The highest BCUT2D eigenvalue weighted by Crippen LogP contribution is 2.35. The molecule has 1 fully saturated rings. The maximum absolute atomic E-state index is 4.45. The summed E-state index contributed by atoms with van der Waals surface area (Å²) in [5.74, 6) is 1.14. The Bertz CT molecular complexity index is 319. The Morgan fingerprint density at radius 1 is 1.44 bits per heavy atom. The minimum atomic E-state index is 0.491. The Morgan fingerprint density at radius 3 is 3.00 bits per heavy atom. The van der Waals surface area contributed by atoms with Gasteiger partial charge in [-0.3, -0.25) is 0 Å². The Labute approximate surface area is 98.7 Å². The predicted octanol–water partition coefficient (Wildman–Crippen LogP) is 3.49. The molecule has 88 valence electrons. The molecule has 2 heterocycles.